The standard InChI is InChI=1S/C15H17FN2O2S/c1-10-4-3-5-11(2)15(10)18-21(19,20)13-6-7-14(16)12(8-13)9-17/h3-8,18H,9,17H2,1-2H3. The lowest BCUT2D eigenvalue weighted by Gasteiger charge is -2.13. The summed E-state index contributed by atoms with van der Waals surface area (Å²) in [6.45, 7) is 3.58. The average Bonchev–Trinajstić information content (AvgIpc) is 2.43. The Bertz CT molecular complexity index is 753. The third kappa shape index (κ3) is 3.22. The summed E-state index contributed by atoms with van der Waals surface area (Å²) in [6, 6.07) is 9.09. The first-order chi connectivity index (χ1) is 9.85. The van der Waals surface area contributed by atoms with Gasteiger partial charge in [0.1, 0.15) is 5.82 Å². The fourth-order valence-electron chi connectivity index (χ4n) is 2.04. The molecule has 0 atom stereocenters. The first-order valence-electron chi connectivity index (χ1n) is 6.42. The fraction of sp³-hybridized carbons (Fsp3) is 0.200. The van der Waals surface area contributed by atoms with Gasteiger partial charge in [-0.15, -0.1) is 0 Å². The lowest BCUT2D eigenvalue weighted by molar-refractivity contribution is 0.596. The second kappa shape index (κ2) is 5.83. The molecule has 0 aromatic heterocycles. The predicted octanol–water partition coefficient (Wildman–Crippen LogP) is 2.70. The van der Waals surface area contributed by atoms with Crippen LogP contribution in [0.5, 0.6) is 0 Å². The van der Waals surface area contributed by atoms with Crippen LogP contribution in [0.3, 0.4) is 0 Å². The van der Waals surface area contributed by atoms with Crippen LogP contribution in [0, 0.1) is 19.7 Å². The normalized spacial score (nSPS) is 11.4. The average molecular weight is 308 g/mol. The highest BCUT2D eigenvalue weighted by Gasteiger charge is 2.18. The number of nitrogens with two attached hydrogens (primary N) is 1. The van der Waals surface area contributed by atoms with Gasteiger partial charge in [0.05, 0.1) is 10.6 Å². The molecule has 2 aromatic carbocycles. The third-order valence-corrected chi connectivity index (χ3v) is 4.61. The molecular formula is C15H17FN2O2S. The van der Waals surface area contributed by atoms with Crippen molar-refractivity contribution in [1.29, 1.82) is 0 Å². The monoisotopic (exact) mass is 308 g/mol. The Hall–Kier alpha value is -1.92. The van der Waals surface area contributed by atoms with Crippen molar-refractivity contribution in [2.24, 2.45) is 5.73 Å². The van der Waals surface area contributed by atoms with E-state index in [1.807, 2.05) is 32.0 Å². The molecule has 6 heteroatoms. The lowest BCUT2D eigenvalue weighted by atomic mass is 10.1. The second-order valence-electron chi connectivity index (χ2n) is 4.83. The van der Waals surface area contributed by atoms with Crippen LogP contribution in [0.1, 0.15) is 16.7 Å². The first kappa shape index (κ1) is 15.5. The molecule has 0 aliphatic carbocycles. The summed E-state index contributed by atoms with van der Waals surface area (Å²) in [5.74, 6) is -0.511. The van der Waals surface area contributed by atoms with E-state index in [1.165, 1.54) is 12.1 Å². The Labute approximate surface area is 123 Å². The maximum atomic E-state index is 13.4. The summed E-state index contributed by atoms with van der Waals surface area (Å²) in [6.07, 6.45) is 0. The number of sulfonamides is 1. The lowest BCUT2D eigenvalue weighted by Crippen LogP contribution is -2.15. The Morgan fingerprint density at radius 2 is 1.76 bits per heavy atom. The summed E-state index contributed by atoms with van der Waals surface area (Å²) in [5.41, 5.74) is 7.75. The molecule has 0 amide bonds. The van der Waals surface area contributed by atoms with E-state index in [1.54, 1.807) is 0 Å². The van der Waals surface area contributed by atoms with E-state index >= 15 is 0 Å². The van der Waals surface area contributed by atoms with Crippen LogP contribution in [-0.2, 0) is 16.6 Å². The number of anilines is 1. The van der Waals surface area contributed by atoms with Gasteiger partial charge in [-0.2, -0.15) is 0 Å². The molecule has 0 unspecified atom stereocenters. The van der Waals surface area contributed by atoms with E-state index in [-0.39, 0.29) is 17.0 Å². The number of aryl methyl sites for hydroxylation is 2. The van der Waals surface area contributed by atoms with Gasteiger partial charge in [-0.05, 0) is 43.2 Å². The molecule has 0 aliphatic heterocycles. The van der Waals surface area contributed by atoms with Gasteiger partial charge in [0.25, 0.3) is 10.0 Å². The van der Waals surface area contributed by atoms with Crippen molar-refractivity contribution < 1.29 is 12.8 Å². The molecular weight excluding hydrogens is 291 g/mol. The van der Waals surface area contributed by atoms with Crippen LogP contribution in [0.15, 0.2) is 41.3 Å². The number of halogens is 1. The maximum Gasteiger partial charge on any atom is 0.261 e. The van der Waals surface area contributed by atoms with Gasteiger partial charge in [-0.25, -0.2) is 12.8 Å². The summed E-state index contributed by atoms with van der Waals surface area (Å²) in [5, 5.41) is 0. The van der Waals surface area contributed by atoms with E-state index < -0.39 is 15.8 Å². The molecule has 0 spiro atoms. The summed E-state index contributed by atoms with van der Waals surface area (Å²) >= 11 is 0. The summed E-state index contributed by atoms with van der Waals surface area (Å²) < 4.78 is 40.8. The number of benzene rings is 2. The highest BCUT2D eigenvalue weighted by atomic mass is 32.2. The van der Waals surface area contributed by atoms with Gasteiger partial charge >= 0.3 is 0 Å². The molecule has 21 heavy (non-hydrogen) atoms. The molecule has 0 saturated carbocycles. The molecule has 112 valence electrons. The van der Waals surface area contributed by atoms with Crippen LogP contribution < -0.4 is 10.5 Å². The van der Waals surface area contributed by atoms with Crippen molar-refractivity contribution in [3.63, 3.8) is 0 Å². The van der Waals surface area contributed by atoms with E-state index in [0.29, 0.717) is 5.69 Å². The molecule has 2 aromatic rings. The van der Waals surface area contributed by atoms with Crippen LogP contribution in [0.25, 0.3) is 0 Å². The molecule has 0 bridgehead atoms. The van der Waals surface area contributed by atoms with E-state index in [2.05, 4.69) is 4.72 Å². The SMILES string of the molecule is Cc1cccc(C)c1NS(=O)(=O)c1ccc(F)c(CN)c1. The molecule has 0 saturated heterocycles. The van der Waals surface area contributed by atoms with Crippen molar-refractivity contribution in [2.45, 2.75) is 25.3 Å². The molecule has 0 heterocycles. The van der Waals surface area contributed by atoms with Gasteiger partial charge in [0.15, 0.2) is 0 Å². The number of nitrogens with one attached hydrogen (secondary N) is 1. The van der Waals surface area contributed by atoms with Crippen molar-refractivity contribution in [3.05, 3.63) is 58.9 Å². The minimum Gasteiger partial charge on any atom is -0.326 e. The van der Waals surface area contributed by atoms with E-state index in [0.717, 1.165) is 17.2 Å². The molecule has 0 radical (unpaired) electrons. The van der Waals surface area contributed by atoms with E-state index in [4.69, 9.17) is 5.73 Å². The van der Waals surface area contributed by atoms with Gasteiger partial charge in [0.2, 0.25) is 0 Å². The topological polar surface area (TPSA) is 72.2 Å². The fourth-order valence-corrected chi connectivity index (χ4v) is 3.30. The first-order valence-corrected chi connectivity index (χ1v) is 7.91. The van der Waals surface area contributed by atoms with Crippen molar-refractivity contribution in [1.82, 2.24) is 0 Å². The number of para-hydroxylation sites is 1. The zero-order chi connectivity index (χ0) is 15.6. The van der Waals surface area contributed by atoms with Crippen molar-refractivity contribution >= 4 is 15.7 Å². The van der Waals surface area contributed by atoms with Gasteiger partial charge in [0, 0.05) is 12.1 Å². The summed E-state index contributed by atoms with van der Waals surface area (Å²) in [4.78, 5) is -0.00740. The van der Waals surface area contributed by atoms with Crippen LogP contribution in [0.4, 0.5) is 10.1 Å². The van der Waals surface area contributed by atoms with E-state index in [9.17, 15) is 12.8 Å². The van der Waals surface area contributed by atoms with Crippen LogP contribution in [-0.4, -0.2) is 8.42 Å². The van der Waals surface area contributed by atoms with Gasteiger partial charge in [-0.3, -0.25) is 4.72 Å². The maximum absolute atomic E-state index is 13.4. The van der Waals surface area contributed by atoms with Crippen molar-refractivity contribution in [3.8, 4) is 0 Å². The molecule has 2 rings (SSSR count). The second-order valence-corrected chi connectivity index (χ2v) is 6.51. The molecule has 0 fully saturated rings. The minimum absolute atomic E-state index is 0.00740. The minimum atomic E-state index is -3.78. The smallest absolute Gasteiger partial charge is 0.261 e. The number of rotatable bonds is 4. The molecule has 0 aliphatic rings. The zero-order valence-corrected chi connectivity index (χ0v) is 12.7. The largest absolute Gasteiger partial charge is 0.326 e. The third-order valence-electron chi connectivity index (χ3n) is 3.26. The van der Waals surface area contributed by atoms with Gasteiger partial charge in [-0.1, -0.05) is 18.2 Å². The Morgan fingerprint density at radius 3 is 2.33 bits per heavy atom. The quantitative estimate of drug-likeness (QED) is 0.912. The number of hydrogen-bond donors (Lipinski definition) is 2. The Morgan fingerprint density at radius 1 is 1.14 bits per heavy atom. The van der Waals surface area contributed by atoms with Crippen LogP contribution in [0.2, 0.25) is 0 Å². The van der Waals surface area contributed by atoms with Crippen molar-refractivity contribution in [2.75, 3.05) is 4.72 Å². The molecule has 4 nitrogen and oxygen atoms in total. The zero-order valence-electron chi connectivity index (χ0n) is 11.9. The Balaban J connectivity index is 2.44. The predicted molar refractivity (Wildman–Crippen MR) is 81.0 cm³/mol. The molecule has 3 N–H and O–H groups in total. The van der Waals surface area contributed by atoms with Gasteiger partial charge < -0.3 is 5.73 Å². The highest BCUT2D eigenvalue weighted by Crippen LogP contribution is 2.24. The number of hydrogen-bond acceptors (Lipinski definition) is 3. The van der Waals surface area contributed by atoms with Crippen LogP contribution >= 0.6 is 0 Å². The summed E-state index contributed by atoms with van der Waals surface area (Å²) in [7, 11) is -3.78. The highest BCUT2D eigenvalue weighted by molar-refractivity contribution is 7.92. The Kier molecular flexibility index (Phi) is 4.29.